The Kier molecular flexibility index (Phi) is 6.56. The van der Waals surface area contributed by atoms with Crippen molar-refractivity contribution in [3.8, 4) is 17.2 Å². The SMILES string of the molecule is Cl.FC(F)(F)c1ccc(Oc2ccc(OCC3CCCN3)cc2)cc1. The minimum atomic E-state index is -4.34. The van der Waals surface area contributed by atoms with Crippen LogP contribution in [0.5, 0.6) is 17.2 Å². The Balaban J connectivity index is 0.00000225. The zero-order valence-corrected chi connectivity index (χ0v) is 14.2. The summed E-state index contributed by atoms with van der Waals surface area (Å²) in [6.07, 6.45) is -2.05. The third-order valence-electron chi connectivity index (χ3n) is 3.85. The number of alkyl halides is 3. The first-order valence-corrected chi connectivity index (χ1v) is 7.82. The molecule has 3 nitrogen and oxygen atoms in total. The van der Waals surface area contributed by atoms with Gasteiger partial charge in [0.2, 0.25) is 0 Å². The Morgan fingerprint density at radius 2 is 1.48 bits per heavy atom. The molecule has 1 atom stereocenters. The van der Waals surface area contributed by atoms with Crippen molar-refractivity contribution in [3.63, 3.8) is 0 Å². The van der Waals surface area contributed by atoms with E-state index in [2.05, 4.69) is 5.32 Å². The van der Waals surface area contributed by atoms with Gasteiger partial charge >= 0.3 is 6.18 Å². The minimum absolute atomic E-state index is 0. The fraction of sp³-hybridized carbons (Fsp3) is 0.333. The first-order chi connectivity index (χ1) is 11.5. The van der Waals surface area contributed by atoms with E-state index in [1.54, 1.807) is 24.3 Å². The lowest BCUT2D eigenvalue weighted by molar-refractivity contribution is -0.137. The van der Waals surface area contributed by atoms with Gasteiger partial charge < -0.3 is 14.8 Å². The van der Waals surface area contributed by atoms with Crippen molar-refractivity contribution in [1.29, 1.82) is 0 Å². The summed E-state index contributed by atoms with van der Waals surface area (Å²) in [5.74, 6) is 1.64. The highest BCUT2D eigenvalue weighted by Crippen LogP contribution is 2.31. The van der Waals surface area contributed by atoms with Crippen molar-refractivity contribution in [3.05, 3.63) is 54.1 Å². The number of rotatable bonds is 5. The van der Waals surface area contributed by atoms with Crippen LogP contribution in [0.25, 0.3) is 0 Å². The molecule has 25 heavy (non-hydrogen) atoms. The van der Waals surface area contributed by atoms with E-state index in [-0.39, 0.29) is 12.4 Å². The molecule has 1 saturated heterocycles. The number of hydrogen-bond donors (Lipinski definition) is 1. The van der Waals surface area contributed by atoms with Crippen molar-refractivity contribution in [2.75, 3.05) is 13.2 Å². The summed E-state index contributed by atoms with van der Waals surface area (Å²) in [5.41, 5.74) is -0.695. The Labute approximate surface area is 150 Å². The van der Waals surface area contributed by atoms with Gasteiger partial charge in [-0.25, -0.2) is 0 Å². The zero-order valence-electron chi connectivity index (χ0n) is 13.4. The summed E-state index contributed by atoms with van der Waals surface area (Å²) >= 11 is 0. The fourth-order valence-electron chi connectivity index (χ4n) is 2.55. The van der Waals surface area contributed by atoms with Crippen LogP contribution in [0.15, 0.2) is 48.5 Å². The Hall–Kier alpha value is -1.92. The standard InChI is InChI=1S/C18H18F3NO2.ClH/c19-18(20,21)13-3-5-16(6-4-13)24-17-9-7-15(8-10-17)23-12-14-2-1-11-22-14;/h3-10,14,22H,1-2,11-12H2;1H. The molecule has 0 spiro atoms. The highest BCUT2D eigenvalue weighted by Gasteiger charge is 2.30. The van der Waals surface area contributed by atoms with Crippen LogP contribution in [0.2, 0.25) is 0 Å². The summed E-state index contributed by atoms with van der Waals surface area (Å²) < 4.78 is 48.8. The van der Waals surface area contributed by atoms with Crippen LogP contribution in [-0.2, 0) is 6.18 Å². The summed E-state index contributed by atoms with van der Waals surface area (Å²) in [5, 5.41) is 3.36. The normalized spacial score (nSPS) is 17.0. The van der Waals surface area contributed by atoms with Gasteiger partial charge in [-0.2, -0.15) is 13.2 Å². The Morgan fingerprint density at radius 3 is 2.00 bits per heavy atom. The second kappa shape index (κ2) is 8.45. The van der Waals surface area contributed by atoms with E-state index in [0.29, 0.717) is 24.1 Å². The van der Waals surface area contributed by atoms with Crippen molar-refractivity contribution >= 4 is 12.4 Å². The zero-order chi connectivity index (χ0) is 17.0. The molecule has 0 radical (unpaired) electrons. The molecule has 1 fully saturated rings. The molecule has 0 saturated carbocycles. The molecule has 0 aromatic heterocycles. The summed E-state index contributed by atoms with van der Waals surface area (Å²) in [6.45, 7) is 1.66. The van der Waals surface area contributed by atoms with Gasteiger partial charge in [0, 0.05) is 6.04 Å². The first-order valence-electron chi connectivity index (χ1n) is 7.82. The Bertz CT molecular complexity index is 654. The van der Waals surface area contributed by atoms with Crippen molar-refractivity contribution in [2.24, 2.45) is 0 Å². The van der Waals surface area contributed by atoms with Crippen molar-refractivity contribution < 1.29 is 22.6 Å². The third kappa shape index (κ3) is 5.54. The van der Waals surface area contributed by atoms with E-state index < -0.39 is 11.7 Å². The average Bonchev–Trinajstić information content (AvgIpc) is 3.07. The Morgan fingerprint density at radius 1 is 0.920 bits per heavy atom. The molecule has 1 aliphatic rings. The van der Waals surface area contributed by atoms with Gasteiger partial charge in [-0.15, -0.1) is 12.4 Å². The monoisotopic (exact) mass is 373 g/mol. The van der Waals surface area contributed by atoms with Crippen molar-refractivity contribution in [1.82, 2.24) is 5.32 Å². The van der Waals surface area contributed by atoms with E-state index >= 15 is 0 Å². The lowest BCUT2D eigenvalue weighted by atomic mass is 10.2. The smallest absolute Gasteiger partial charge is 0.416 e. The number of hydrogen-bond acceptors (Lipinski definition) is 3. The van der Waals surface area contributed by atoms with Gasteiger partial charge in [-0.3, -0.25) is 0 Å². The van der Waals surface area contributed by atoms with E-state index in [9.17, 15) is 13.2 Å². The van der Waals surface area contributed by atoms with Gasteiger partial charge in [-0.05, 0) is 67.9 Å². The van der Waals surface area contributed by atoms with Gasteiger partial charge in [0.1, 0.15) is 23.9 Å². The molecular weight excluding hydrogens is 355 g/mol. The van der Waals surface area contributed by atoms with Crippen LogP contribution in [0, 0.1) is 0 Å². The molecule has 1 heterocycles. The summed E-state index contributed by atoms with van der Waals surface area (Å²) in [7, 11) is 0. The van der Waals surface area contributed by atoms with Gasteiger partial charge in [0.25, 0.3) is 0 Å². The second-order valence-corrected chi connectivity index (χ2v) is 5.70. The molecule has 0 aliphatic carbocycles. The molecule has 1 unspecified atom stereocenters. The van der Waals surface area contributed by atoms with Crippen LogP contribution >= 0.6 is 12.4 Å². The molecule has 0 amide bonds. The maximum absolute atomic E-state index is 12.5. The molecule has 3 rings (SSSR count). The number of benzene rings is 2. The van der Waals surface area contributed by atoms with Crippen LogP contribution in [-0.4, -0.2) is 19.2 Å². The number of halogens is 4. The van der Waals surface area contributed by atoms with E-state index in [1.807, 2.05) is 0 Å². The molecule has 1 N–H and O–H groups in total. The van der Waals surface area contributed by atoms with E-state index in [4.69, 9.17) is 9.47 Å². The predicted molar refractivity (Wildman–Crippen MR) is 91.7 cm³/mol. The minimum Gasteiger partial charge on any atom is -0.492 e. The molecule has 2 aromatic rings. The summed E-state index contributed by atoms with van der Waals surface area (Å²) in [6, 6.07) is 12.0. The van der Waals surface area contributed by atoms with Crippen LogP contribution in [0.3, 0.4) is 0 Å². The molecule has 136 valence electrons. The van der Waals surface area contributed by atoms with Gasteiger partial charge in [0.05, 0.1) is 5.56 Å². The van der Waals surface area contributed by atoms with Crippen LogP contribution in [0.4, 0.5) is 13.2 Å². The molecule has 1 aliphatic heterocycles. The van der Waals surface area contributed by atoms with Crippen LogP contribution in [0.1, 0.15) is 18.4 Å². The van der Waals surface area contributed by atoms with Gasteiger partial charge in [-0.1, -0.05) is 0 Å². The number of nitrogens with one attached hydrogen (secondary N) is 1. The lowest BCUT2D eigenvalue weighted by Gasteiger charge is -2.13. The second-order valence-electron chi connectivity index (χ2n) is 5.70. The molecule has 0 bridgehead atoms. The maximum atomic E-state index is 12.5. The van der Waals surface area contributed by atoms with Crippen molar-refractivity contribution in [2.45, 2.75) is 25.1 Å². The van der Waals surface area contributed by atoms with E-state index in [0.717, 1.165) is 30.8 Å². The fourth-order valence-corrected chi connectivity index (χ4v) is 2.55. The molecule has 2 aromatic carbocycles. The predicted octanol–water partition coefficient (Wildman–Crippen LogP) is 5.05. The first kappa shape index (κ1) is 19.4. The summed E-state index contributed by atoms with van der Waals surface area (Å²) in [4.78, 5) is 0. The highest BCUT2D eigenvalue weighted by atomic mass is 35.5. The van der Waals surface area contributed by atoms with Gasteiger partial charge in [0.15, 0.2) is 0 Å². The topological polar surface area (TPSA) is 30.5 Å². The molecule has 7 heteroatoms. The quantitative estimate of drug-likeness (QED) is 0.795. The highest BCUT2D eigenvalue weighted by molar-refractivity contribution is 5.85. The maximum Gasteiger partial charge on any atom is 0.416 e. The van der Waals surface area contributed by atoms with E-state index in [1.165, 1.54) is 18.6 Å². The lowest BCUT2D eigenvalue weighted by Crippen LogP contribution is -2.28. The molecular formula is C18H19ClF3NO2. The number of ether oxygens (including phenoxy) is 2. The average molecular weight is 374 g/mol. The third-order valence-corrected chi connectivity index (χ3v) is 3.85. The largest absolute Gasteiger partial charge is 0.492 e. The van der Waals surface area contributed by atoms with Crippen LogP contribution < -0.4 is 14.8 Å².